The molecule has 0 bridgehead atoms. The molecule has 0 aliphatic heterocycles. The van der Waals surface area contributed by atoms with E-state index in [-0.39, 0.29) is 159 Å². The third-order valence-electron chi connectivity index (χ3n) is 20.3. The van der Waals surface area contributed by atoms with Gasteiger partial charge in [0.05, 0.1) is 0 Å². The van der Waals surface area contributed by atoms with E-state index in [2.05, 4.69) is 187 Å². The highest BCUT2D eigenvalue weighted by molar-refractivity contribution is 5.82. The second kappa shape index (κ2) is 66.0. The average Bonchev–Trinajstić information content (AvgIpc) is 1.74. The van der Waals surface area contributed by atoms with Gasteiger partial charge in [0.1, 0.15) is 0 Å². The quantitative estimate of drug-likeness (QED) is 0.0273. The van der Waals surface area contributed by atoms with Crippen molar-refractivity contribution in [1.29, 1.82) is 0 Å². The van der Waals surface area contributed by atoms with Gasteiger partial charge in [0, 0.05) is 95.7 Å². The lowest BCUT2D eigenvalue weighted by molar-refractivity contribution is -0.129. The zero-order chi connectivity index (χ0) is 90.3. The maximum Gasteiger partial charge on any atom is 0.223 e. The van der Waals surface area contributed by atoms with E-state index >= 15 is 0 Å². The molecule has 0 aromatic heterocycles. The van der Waals surface area contributed by atoms with Crippen molar-refractivity contribution < 1.29 is 38.4 Å². The van der Waals surface area contributed by atoms with Gasteiger partial charge in [-0.15, -0.1) is 13.2 Å². The molecule has 0 aromatic rings. The Bertz CT molecular complexity index is 2530. The van der Waals surface area contributed by atoms with E-state index in [9.17, 15) is 38.4 Å². The summed E-state index contributed by atoms with van der Waals surface area (Å²) in [4.78, 5) is 94.7. The van der Waals surface area contributed by atoms with E-state index in [0.29, 0.717) is 5.92 Å². The van der Waals surface area contributed by atoms with E-state index < -0.39 is 0 Å². The molecule has 0 spiro atoms. The fraction of sp³-hybridized carbons (Fsp3) is 0.879. The van der Waals surface area contributed by atoms with E-state index in [1.165, 1.54) is 38.5 Å². The number of rotatable bonds is 43. The minimum Gasteiger partial charge on any atom is -0.354 e. The topological polar surface area (TPSA) is 233 Å². The van der Waals surface area contributed by atoms with Gasteiger partial charge in [0.15, 0.2) is 0 Å². The van der Waals surface area contributed by atoms with Crippen LogP contribution in [0.3, 0.4) is 0 Å². The van der Waals surface area contributed by atoms with Gasteiger partial charge in [-0.3, -0.25) is 38.4 Å². The monoisotopic (exact) mass is 1630 g/mol. The number of allylic oxidation sites excluding steroid dienone is 2. The van der Waals surface area contributed by atoms with Crippen molar-refractivity contribution in [3.63, 3.8) is 0 Å². The molecule has 3 saturated carbocycles. The summed E-state index contributed by atoms with van der Waals surface area (Å²) < 4.78 is 0. The summed E-state index contributed by atoms with van der Waals surface area (Å²) in [6, 6.07) is 2.01. The van der Waals surface area contributed by atoms with Gasteiger partial charge in [-0.1, -0.05) is 220 Å². The zero-order valence-electron chi connectivity index (χ0n) is 82.5. The maximum absolute atomic E-state index is 11.9. The van der Waals surface area contributed by atoms with Crippen molar-refractivity contribution in [2.75, 3.05) is 0 Å². The van der Waals surface area contributed by atoms with Crippen LogP contribution < -0.4 is 42.5 Å². The van der Waals surface area contributed by atoms with Crippen LogP contribution in [0.25, 0.3) is 0 Å². The molecule has 3 rings (SSSR count). The Labute approximate surface area is 713 Å². The first-order chi connectivity index (χ1) is 53.1. The fourth-order valence-corrected chi connectivity index (χ4v) is 14.3. The first-order valence-electron chi connectivity index (χ1n) is 46.7. The number of hydrogen-bond acceptors (Lipinski definition) is 8. The lowest BCUT2D eigenvalue weighted by Crippen LogP contribution is -2.41. The van der Waals surface area contributed by atoms with Crippen molar-refractivity contribution in [3.8, 4) is 0 Å². The molecule has 0 aromatic carbocycles. The summed E-state index contributed by atoms with van der Waals surface area (Å²) in [5.41, 5.74) is 1.56. The highest BCUT2D eigenvalue weighted by Crippen LogP contribution is 2.43. The molecular formula is C99H196N8O8. The largest absolute Gasteiger partial charge is 0.354 e. The summed E-state index contributed by atoms with van der Waals surface area (Å²) in [6.07, 6.45) is 31.3. The normalized spacial score (nSPS) is 16.5. The highest BCUT2D eigenvalue weighted by atomic mass is 16.2. The van der Waals surface area contributed by atoms with E-state index in [1.807, 2.05) is 124 Å². The molecule has 0 radical (unpaired) electrons. The van der Waals surface area contributed by atoms with Crippen LogP contribution in [-0.4, -0.2) is 95.6 Å². The van der Waals surface area contributed by atoms with Crippen molar-refractivity contribution >= 4 is 47.3 Å². The Hall–Kier alpha value is -4.76. The number of hydrogen-bond donors (Lipinski definition) is 8. The fourth-order valence-electron chi connectivity index (χ4n) is 14.3. The van der Waals surface area contributed by atoms with Crippen LogP contribution in [0.4, 0.5) is 0 Å². The van der Waals surface area contributed by atoms with Gasteiger partial charge in [-0.2, -0.15) is 0 Å². The van der Waals surface area contributed by atoms with Gasteiger partial charge in [0.25, 0.3) is 0 Å². The van der Waals surface area contributed by atoms with Gasteiger partial charge >= 0.3 is 0 Å². The van der Waals surface area contributed by atoms with Gasteiger partial charge in [-0.05, 0) is 260 Å². The molecule has 8 N–H and O–H groups in total. The van der Waals surface area contributed by atoms with Crippen LogP contribution in [0.1, 0.15) is 423 Å². The number of carbonyl (C=O) groups is 8. The van der Waals surface area contributed by atoms with Gasteiger partial charge in [0.2, 0.25) is 47.3 Å². The zero-order valence-corrected chi connectivity index (χ0v) is 82.5. The maximum atomic E-state index is 11.9. The molecule has 115 heavy (non-hydrogen) atoms. The lowest BCUT2D eigenvalue weighted by Gasteiger charge is -2.30. The molecule has 680 valence electrons. The predicted octanol–water partition coefficient (Wildman–Crippen LogP) is 23.8. The van der Waals surface area contributed by atoms with E-state index in [4.69, 9.17) is 0 Å². The minimum absolute atomic E-state index is 0.0601. The molecule has 10 atom stereocenters. The summed E-state index contributed by atoms with van der Waals surface area (Å²) in [6.45, 7) is 82.6. The number of carbonyl (C=O) groups excluding carboxylic acids is 8. The van der Waals surface area contributed by atoms with Crippen molar-refractivity contribution in [2.45, 2.75) is 471 Å². The van der Waals surface area contributed by atoms with Crippen LogP contribution >= 0.6 is 0 Å². The molecule has 3 aliphatic rings. The van der Waals surface area contributed by atoms with Gasteiger partial charge in [-0.25, -0.2) is 0 Å². The molecule has 0 heterocycles. The Kier molecular flexibility index (Phi) is 68.2. The third kappa shape index (κ3) is 69.7. The number of nitrogens with one attached hydrogen (secondary N) is 8. The first-order valence-corrected chi connectivity index (χ1v) is 46.7. The Morgan fingerprint density at radius 3 is 0.896 bits per heavy atom. The van der Waals surface area contributed by atoms with E-state index in [1.54, 1.807) is 0 Å². The SMILES string of the molecule is C=C(C)CC(CCC)C(=O)NC(C)C.C=CCC(CC(C)(C)C)C(=O)NC(C)C.CCCC(C(=O)NC(C)C)C(C)(C)C.CCCC(C(=O)NC(C)C)C(C)C.CCCC(CC(C)(C)C)C(=O)NC(C)C.CCCC(CC1CC1)C(=O)NC(C)C.CCCC(CC1CC1C)C(=O)NC(C)C.CCCC(CC1CCC1)C(=O)NC(C)C. The van der Waals surface area contributed by atoms with Crippen molar-refractivity contribution in [3.05, 3.63) is 24.8 Å². The first kappa shape index (κ1) is 119. The molecule has 16 heteroatoms. The molecular weight excluding hydrogens is 1430 g/mol. The van der Waals surface area contributed by atoms with Crippen LogP contribution in [-0.2, 0) is 38.4 Å². The Morgan fingerprint density at radius 2 is 0.635 bits per heavy atom. The van der Waals surface area contributed by atoms with Crippen LogP contribution in [0, 0.1) is 93.2 Å². The van der Waals surface area contributed by atoms with Crippen LogP contribution in [0.5, 0.6) is 0 Å². The second-order valence-corrected chi connectivity index (χ2v) is 40.9. The second-order valence-electron chi connectivity index (χ2n) is 40.9. The molecule has 16 nitrogen and oxygen atoms in total. The summed E-state index contributed by atoms with van der Waals surface area (Å²) >= 11 is 0. The van der Waals surface area contributed by atoms with Crippen molar-refractivity contribution in [1.82, 2.24) is 42.5 Å². The standard InChI is InChI=1S/2C13H25NO.C13H27NO.C13H25NO.C12H23NO.C12H25NO.C12H23NO.C11H23NO/c1-5-6-11(8-12-7-10(12)4)13(15)14-9(2)3;1-4-6-12(9-11-7-5-8-11)13(15)14-10(2)3;2*1-7-8-11(9-13(4,5)6)12(15)14-10(2)3;1-4-5-11(8-10-6-7-10)12(14)13-9(2)3;1-7-8-10(12(4,5)6)11(14)13-9(2)3;1-6-7-11(8-9(2)3)12(14)13-10(4)5;1-6-7-10(8(2)3)11(13)12-9(4)5/h9-12H,5-8H2,1-4H3,(H,14,15);10-12H,4-9H2,1-3H3,(H,14,15);10-11H,7-9H2,1-6H3,(H,14,15);7,10-11H,1,8-9H2,2-6H3,(H,14,15);9-11H,4-8H2,1-3H3,(H,13,14);9-10H,7-8H2,1-6H3,(H,13,14);10-11H,2,6-8H2,1,3-5H3,(H,13,14);8-10H,6-7H2,1-5H3,(H,12,13). The Balaban J connectivity index is -0.000000401. The number of amides is 8. The van der Waals surface area contributed by atoms with Gasteiger partial charge < -0.3 is 42.5 Å². The lowest BCUT2D eigenvalue weighted by atomic mass is 9.77. The molecule has 0 saturated heterocycles. The molecule has 3 fully saturated rings. The summed E-state index contributed by atoms with van der Waals surface area (Å²) in [7, 11) is 0. The highest BCUT2D eigenvalue weighted by Gasteiger charge is 2.37. The minimum atomic E-state index is 0.0601. The Morgan fingerprint density at radius 1 is 0.365 bits per heavy atom. The molecule has 10 unspecified atom stereocenters. The van der Waals surface area contributed by atoms with Crippen LogP contribution in [0.2, 0.25) is 0 Å². The predicted molar refractivity (Wildman–Crippen MR) is 496 cm³/mol. The third-order valence-corrected chi connectivity index (χ3v) is 20.3. The summed E-state index contributed by atoms with van der Waals surface area (Å²) in [5, 5.41) is 24.0. The smallest absolute Gasteiger partial charge is 0.223 e. The summed E-state index contributed by atoms with van der Waals surface area (Å²) in [5.74, 6) is 7.05. The van der Waals surface area contributed by atoms with Crippen molar-refractivity contribution in [2.24, 2.45) is 93.2 Å². The van der Waals surface area contributed by atoms with Crippen LogP contribution in [0.15, 0.2) is 24.8 Å². The molecule has 3 aliphatic carbocycles. The van der Waals surface area contributed by atoms with E-state index in [0.717, 1.165) is 164 Å². The molecule has 8 amide bonds. The average molecular weight is 1630 g/mol.